The van der Waals surface area contributed by atoms with E-state index in [-0.39, 0.29) is 30.9 Å². The average Bonchev–Trinajstić information content (AvgIpc) is 3.05. The molecule has 2 aliphatic rings. The van der Waals surface area contributed by atoms with E-state index >= 15 is 0 Å². The Morgan fingerprint density at radius 1 is 1.29 bits per heavy atom. The molecule has 0 aliphatic carbocycles. The molecule has 1 amide bonds. The molecule has 0 aromatic carbocycles. The van der Waals surface area contributed by atoms with Gasteiger partial charge in [0.25, 0.3) is 0 Å². The van der Waals surface area contributed by atoms with Crippen molar-refractivity contribution in [3.8, 4) is 0 Å². The molecule has 2 saturated heterocycles. The average molecular weight is 394 g/mol. The summed E-state index contributed by atoms with van der Waals surface area (Å²) in [6.45, 7) is 7.12. The highest BCUT2D eigenvalue weighted by molar-refractivity contribution is 7.09. The molecule has 138 valence electrons. The van der Waals surface area contributed by atoms with Crippen LogP contribution in [0.25, 0.3) is 0 Å². The van der Waals surface area contributed by atoms with Gasteiger partial charge >= 0.3 is 0 Å². The van der Waals surface area contributed by atoms with E-state index in [9.17, 15) is 4.79 Å². The van der Waals surface area contributed by atoms with E-state index in [1.54, 1.807) is 11.3 Å². The third kappa shape index (κ3) is 5.07. The molecular formula is C17H29Cl2N3OS. The van der Waals surface area contributed by atoms with E-state index < -0.39 is 0 Å². The molecule has 7 heteroatoms. The molecule has 2 fully saturated rings. The first-order valence-electron chi connectivity index (χ1n) is 8.62. The fourth-order valence-electron chi connectivity index (χ4n) is 3.42. The molecule has 1 aromatic heterocycles. The van der Waals surface area contributed by atoms with Crippen LogP contribution in [0.3, 0.4) is 0 Å². The van der Waals surface area contributed by atoms with Gasteiger partial charge in [-0.3, -0.25) is 4.79 Å². The lowest BCUT2D eigenvalue weighted by Crippen LogP contribution is -2.51. The number of halogens is 2. The van der Waals surface area contributed by atoms with Crippen molar-refractivity contribution in [2.24, 2.45) is 0 Å². The number of amides is 1. The minimum Gasteiger partial charge on any atom is -0.341 e. The Morgan fingerprint density at radius 3 is 2.71 bits per heavy atom. The Morgan fingerprint density at radius 2 is 2.08 bits per heavy atom. The quantitative estimate of drug-likeness (QED) is 0.844. The number of aromatic nitrogens is 1. The highest BCUT2D eigenvalue weighted by Gasteiger charge is 2.31. The number of hydrogen-bond acceptors (Lipinski definition) is 4. The zero-order chi connectivity index (χ0) is 15.5. The summed E-state index contributed by atoms with van der Waals surface area (Å²) in [5, 5.41) is 6.79. The summed E-state index contributed by atoms with van der Waals surface area (Å²) in [6, 6.07) is 0.0509. The topological polar surface area (TPSA) is 45.2 Å². The molecule has 1 unspecified atom stereocenters. The molecule has 3 heterocycles. The highest BCUT2D eigenvalue weighted by atomic mass is 35.5. The van der Waals surface area contributed by atoms with Crippen LogP contribution in [0.15, 0.2) is 5.38 Å². The Hall–Kier alpha value is -0.360. The van der Waals surface area contributed by atoms with Crippen molar-refractivity contribution in [2.75, 3.05) is 19.6 Å². The minimum absolute atomic E-state index is 0. The number of hydrogen-bond donors (Lipinski definition) is 1. The van der Waals surface area contributed by atoms with Gasteiger partial charge in [-0.05, 0) is 38.1 Å². The van der Waals surface area contributed by atoms with Crippen molar-refractivity contribution < 1.29 is 4.79 Å². The van der Waals surface area contributed by atoms with Gasteiger partial charge in [-0.1, -0.05) is 20.3 Å². The summed E-state index contributed by atoms with van der Waals surface area (Å²) in [7, 11) is 0. The second-order valence-electron chi connectivity index (χ2n) is 6.89. The summed E-state index contributed by atoms with van der Waals surface area (Å²) in [6.07, 6.45) is 5.62. The van der Waals surface area contributed by atoms with Gasteiger partial charge in [0.05, 0.1) is 16.7 Å². The largest absolute Gasteiger partial charge is 0.341 e. The number of nitrogens with one attached hydrogen (secondary N) is 1. The van der Waals surface area contributed by atoms with Gasteiger partial charge < -0.3 is 10.2 Å². The first kappa shape index (κ1) is 21.7. The zero-order valence-corrected chi connectivity index (χ0v) is 16.9. The molecule has 0 radical (unpaired) electrons. The van der Waals surface area contributed by atoms with Crippen LogP contribution in [0, 0.1) is 0 Å². The van der Waals surface area contributed by atoms with Gasteiger partial charge in [-0.2, -0.15) is 0 Å². The Bertz CT molecular complexity index is 518. The molecule has 3 rings (SSSR count). The maximum atomic E-state index is 12.7. The number of carbonyl (C=O) groups is 1. The molecule has 2 atom stereocenters. The number of nitrogens with zero attached hydrogens (tertiary/aromatic N) is 2. The van der Waals surface area contributed by atoms with E-state index in [0.717, 1.165) is 38.9 Å². The van der Waals surface area contributed by atoms with Crippen molar-refractivity contribution in [1.29, 1.82) is 0 Å². The Balaban J connectivity index is 0.00000144. The lowest BCUT2D eigenvalue weighted by atomic mass is 9.96. The van der Waals surface area contributed by atoms with Gasteiger partial charge in [0.15, 0.2) is 0 Å². The molecule has 0 saturated carbocycles. The van der Waals surface area contributed by atoms with E-state index in [0.29, 0.717) is 17.7 Å². The lowest BCUT2D eigenvalue weighted by Gasteiger charge is -2.35. The monoisotopic (exact) mass is 393 g/mol. The van der Waals surface area contributed by atoms with Crippen LogP contribution in [-0.4, -0.2) is 41.5 Å². The number of carbonyl (C=O) groups excluding carboxylic acids is 1. The van der Waals surface area contributed by atoms with Crippen molar-refractivity contribution in [1.82, 2.24) is 15.2 Å². The van der Waals surface area contributed by atoms with Crippen LogP contribution >= 0.6 is 36.2 Å². The number of thiazole rings is 1. The van der Waals surface area contributed by atoms with Crippen molar-refractivity contribution in [3.05, 3.63) is 16.1 Å². The Labute approximate surface area is 161 Å². The van der Waals surface area contributed by atoms with Crippen LogP contribution in [0.1, 0.15) is 68.5 Å². The maximum absolute atomic E-state index is 12.7. The van der Waals surface area contributed by atoms with E-state index in [4.69, 9.17) is 4.98 Å². The first-order chi connectivity index (χ1) is 10.6. The van der Waals surface area contributed by atoms with Crippen LogP contribution in [-0.2, 0) is 4.79 Å². The standard InChI is InChI=1S/C17H27N3OS.2ClH/c1-12(2)15-11-22-16(19-15)13-6-5-9-20(10-13)17(21)14-7-3-4-8-18-14;;/h11-14,18H,3-10H2,1-2H3;2*1H/t13?,14-;;/m1../s1. The molecule has 1 aromatic rings. The van der Waals surface area contributed by atoms with Gasteiger partial charge in [-0.15, -0.1) is 36.2 Å². The SMILES string of the molecule is CC(C)c1csc(C2CCCN(C(=O)[C@H]3CCCCN3)C2)n1.Cl.Cl. The molecule has 0 bridgehead atoms. The smallest absolute Gasteiger partial charge is 0.239 e. The summed E-state index contributed by atoms with van der Waals surface area (Å²) >= 11 is 1.77. The fraction of sp³-hybridized carbons (Fsp3) is 0.765. The predicted molar refractivity (Wildman–Crippen MR) is 105 cm³/mol. The van der Waals surface area contributed by atoms with Crippen molar-refractivity contribution >= 4 is 42.1 Å². The summed E-state index contributed by atoms with van der Waals surface area (Å²) in [5.41, 5.74) is 1.19. The predicted octanol–water partition coefficient (Wildman–Crippen LogP) is 3.96. The Kier molecular flexibility index (Phi) is 8.99. The third-order valence-electron chi connectivity index (χ3n) is 4.82. The van der Waals surface area contributed by atoms with Gasteiger partial charge in [0, 0.05) is 24.4 Å². The van der Waals surface area contributed by atoms with Crippen LogP contribution in [0.2, 0.25) is 0 Å². The lowest BCUT2D eigenvalue weighted by molar-refractivity contribution is -0.135. The van der Waals surface area contributed by atoms with Crippen LogP contribution in [0.4, 0.5) is 0 Å². The van der Waals surface area contributed by atoms with Crippen LogP contribution < -0.4 is 5.32 Å². The summed E-state index contributed by atoms with van der Waals surface area (Å²) < 4.78 is 0. The van der Waals surface area contributed by atoms with E-state index in [2.05, 4.69) is 29.4 Å². The summed E-state index contributed by atoms with van der Waals surface area (Å²) in [5.74, 6) is 1.22. The molecular weight excluding hydrogens is 365 g/mol. The molecule has 24 heavy (non-hydrogen) atoms. The normalized spacial score (nSPS) is 24.2. The third-order valence-corrected chi connectivity index (χ3v) is 5.85. The molecule has 2 aliphatic heterocycles. The number of piperidine rings is 2. The summed E-state index contributed by atoms with van der Waals surface area (Å²) in [4.78, 5) is 19.6. The maximum Gasteiger partial charge on any atom is 0.239 e. The zero-order valence-electron chi connectivity index (χ0n) is 14.5. The van der Waals surface area contributed by atoms with Crippen molar-refractivity contribution in [2.45, 2.75) is 63.8 Å². The van der Waals surface area contributed by atoms with E-state index in [1.807, 2.05) is 0 Å². The number of likely N-dealkylation sites (tertiary alicyclic amines) is 1. The second kappa shape index (κ2) is 9.95. The van der Waals surface area contributed by atoms with E-state index in [1.165, 1.54) is 23.5 Å². The molecule has 0 spiro atoms. The molecule has 1 N–H and O–H groups in total. The minimum atomic E-state index is 0. The molecule has 4 nitrogen and oxygen atoms in total. The number of rotatable bonds is 3. The van der Waals surface area contributed by atoms with Crippen molar-refractivity contribution in [3.63, 3.8) is 0 Å². The van der Waals surface area contributed by atoms with Gasteiger partial charge in [0.2, 0.25) is 5.91 Å². The van der Waals surface area contributed by atoms with Gasteiger partial charge in [-0.25, -0.2) is 4.98 Å². The fourth-order valence-corrected chi connectivity index (χ4v) is 4.52. The highest BCUT2D eigenvalue weighted by Crippen LogP contribution is 2.31. The second-order valence-corrected chi connectivity index (χ2v) is 7.78. The van der Waals surface area contributed by atoms with Crippen LogP contribution in [0.5, 0.6) is 0 Å². The first-order valence-corrected chi connectivity index (χ1v) is 9.50. The van der Waals surface area contributed by atoms with Gasteiger partial charge in [0.1, 0.15) is 0 Å².